The molecule has 0 aromatic carbocycles. The molecule has 0 radical (unpaired) electrons. The Hall–Kier alpha value is -0.910. The van der Waals surface area contributed by atoms with E-state index in [2.05, 4.69) is 11.0 Å². The highest BCUT2D eigenvalue weighted by atomic mass is 16.5. The Kier molecular flexibility index (Phi) is 4.37. The number of aliphatic hydroxyl groups is 1. The average molecular weight is 254 g/mol. The summed E-state index contributed by atoms with van der Waals surface area (Å²) in [6, 6.07) is 0. The third kappa shape index (κ3) is 3.80. The van der Waals surface area contributed by atoms with Gasteiger partial charge in [-0.15, -0.1) is 0 Å². The van der Waals surface area contributed by atoms with E-state index in [0.29, 0.717) is 19.6 Å². The molecule has 1 fully saturated rings. The number of nitrogens with zero attached hydrogens (tertiary/aromatic N) is 1. The van der Waals surface area contributed by atoms with Crippen LogP contribution in [0.2, 0.25) is 0 Å². The number of rotatable bonds is 4. The number of hydrogen-bond donors (Lipinski definition) is 2. The van der Waals surface area contributed by atoms with Gasteiger partial charge in [0, 0.05) is 13.1 Å². The van der Waals surface area contributed by atoms with E-state index >= 15 is 0 Å². The number of carbonyl (C=O) groups excluding carboxylic acids is 1. The minimum atomic E-state index is -0.944. The lowest BCUT2D eigenvalue weighted by molar-refractivity contribution is -0.125. The SMILES string of the molecule is NC(=O)CC1(O)CCCN(CC2=CCCOC2)C1. The first kappa shape index (κ1) is 13.5. The fourth-order valence-electron chi connectivity index (χ4n) is 2.82. The molecule has 0 spiro atoms. The third-order valence-electron chi connectivity index (χ3n) is 3.55. The van der Waals surface area contributed by atoms with Crippen molar-refractivity contribution in [3.8, 4) is 0 Å². The zero-order chi connectivity index (χ0) is 13.0. The van der Waals surface area contributed by atoms with Gasteiger partial charge in [0.15, 0.2) is 0 Å². The van der Waals surface area contributed by atoms with Crippen LogP contribution >= 0.6 is 0 Å². The molecule has 1 atom stereocenters. The van der Waals surface area contributed by atoms with Gasteiger partial charge >= 0.3 is 0 Å². The van der Waals surface area contributed by atoms with Crippen molar-refractivity contribution in [2.24, 2.45) is 5.73 Å². The van der Waals surface area contributed by atoms with E-state index in [4.69, 9.17) is 10.5 Å². The zero-order valence-electron chi connectivity index (χ0n) is 10.7. The molecule has 1 amide bonds. The molecule has 0 saturated carbocycles. The maximum absolute atomic E-state index is 11.0. The number of primary amides is 1. The van der Waals surface area contributed by atoms with Crippen molar-refractivity contribution in [2.45, 2.75) is 31.3 Å². The summed E-state index contributed by atoms with van der Waals surface area (Å²) in [5, 5.41) is 10.3. The molecule has 5 nitrogen and oxygen atoms in total. The van der Waals surface area contributed by atoms with Gasteiger partial charge in [0.2, 0.25) is 5.91 Å². The van der Waals surface area contributed by atoms with Crippen LogP contribution in [-0.2, 0) is 9.53 Å². The number of hydrogen-bond acceptors (Lipinski definition) is 4. The predicted octanol–water partition coefficient (Wildman–Crippen LogP) is 0.0354. The third-order valence-corrected chi connectivity index (χ3v) is 3.55. The van der Waals surface area contributed by atoms with Gasteiger partial charge in [-0.2, -0.15) is 0 Å². The van der Waals surface area contributed by atoms with Gasteiger partial charge in [-0.3, -0.25) is 9.69 Å². The van der Waals surface area contributed by atoms with Crippen molar-refractivity contribution in [2.75, 3.05) is 32.8 Å². The first-order valence-corrected chi connectivity index (χ1v) is 6.56. The standard InChI is InChI=1S/C13H22N2O3/c14-12(16)7-13(17)4-2-5-15(10-13)8-11-3-1-6-18-9-11/h3,17H,1-2,4-10H2,(H2,14,16). The normalized spacial score (nSPS) is 29.9. The average Bonchev–Trinajstić information content (AvgIpc) is 2.28. The minimum absolute atomic E-state index is 0.0546. The maximum Gasteiger partial charge on any atom is 0.220 e. The molecule has 5 heteroatoms. The minimum Gasteiger partial charge on any atom is -0.388 e. The molecular formula is C13H22N2O3. The molecule has 1 unspecified atom stereocenters. The second kappa shape index (κ2) is 5.82. The first-order valence-electron chi connectivity index (χ1n) is 6.56. The van der Waals surface area contributed by atoms with Crippen molar-refractivity contribution in [3.05, 3.63) is 11.6 Å². The van der Waals surface area contributed by atoms with Crippen LogP contribution < -0.4 is 5.73 Å². The molecular weight excluding hydrogens is 232 g/mol. The van der Waals surface area contributed by atoms with Crippen LogP contribution in [0.25, 0.3) is 0 Å². The summed E-state index contributed by atoms with van der Waals surface area (Å²) in [6.45, 7) is 3.78. The number of β-amino-alcohol motifs (C(OH)–C–C–N with tert-alkyl or cyclic N) is 1. The van der Waals surface area contributed by atoms with Crippen LogP contribution in [0.15, 0.2) is 11.6 Å². The van der Waals surface area contributed by atoms with Gasteiger partial charge in [-0.25, -0.2) is 0 Å². The summed E-state index contributed by atoms with van der Waals surface area (Å²) in [6.07, 6.45) is 4.79. The smallest absolute Gasteiger partial charge is 0.220 e. The highest BCUT2D eigenvalue weighted by Gasteiger charge is 2.34. The molecule has 2 rings (SSSR count). The Labute approximate surface area is 108 Å². The zero-order valence-corrected chi connectivity index (χ0v) is 10.7. The molecule has 0 bridgehead atoms. The van der Waals surface area contributed by atoms with Crippen LogP contribution in [0.3, 0.4) is 0 Å². The summed E-state index contributed by atoms with van der Waals surface area (Å²) in [5.41, 5.74) is 5.51. The lowest BCUT2D eigenvalue weighted by atomic mass is 9.89. The van der Waals surface area contributed by atoms with E-state index < -0.39 is 11.5 Å². The van der Waals surface area contributed by atoms with Crippen molar-refractivity contribution < 1.29 is 14.6 Å². The molecule has 18 heavy (non-hydrogen) atoms. The van der Waals surface area contributed by atoms with E-state index in [-0.39, 0.29) is 6.42 Å². The topological polar surface area (TPSA) is 75.8 Å². The fraction of sp³-hybridized carbons (Fsp3) is 0.769. The second-order valence-corrected chi connectivity index (χ2v) is 5.39. The lowest BCUT2D eigenvalue weighted by Crippen LogP contribution is -2.50. The monoisotopic (exact) mass is 254 g/mol. The van der Waals surface area contributed by atoms with Crippen LogP contribution in [0, 0.1) is 0 Å². The maximum atomic E-state index is 11.0. The Balaban J connectivity index is 1.89. The second-order valence-electron chi connectivity index (χ2n) is 5.39. The van der Waals surface area contributed by atoms with E-state index in [1.165, 1.54) is 5.57 Å². The lowest BCUT2D eigenvalue weighted by Gasteiger charge is -2.39. The highest BCUT2D eigenvalue weighted by molar-refractivity contribution is 5.75. The van der Waals surface area contributed by atoms with Crippen molar-refractivity contribution in [3.63, 3.8) is 0 Å². The summed E-state index contributed by atoms with van der Waals surface area (Å²) in [4.78, 5) is 13.2. The number of amides is 1. The predicted molar refractivity (Wildman–Crippen MR) is 68.0 cm³/mol. The van der Waals surface area contributed by atoms with Gasteiger partial charge in [0.25, 0.3) is 0 Å². The van der Waals surface area contributed by atoms with Crippen molar-refractivity contribution in [1.82, 2.24) is 4.90 Å². The van der Waals surface area contributed by atoms with E-state index in [9.17, 15) is 9.90 Å². The van der Waals surface area contributed by atoms with Gasteiger partial charge < -0.3 is 15.6 Å². The molecule has 0 aliphatic carbocycles. The molecule has 2 heterocycles. The van der Waals surface area contributed by atoms with Gasteiger partial charge in [-0.1, -0.05) is 6.08 Å². The van der Waals surface area contributed by atoms with E-state index in [0.717, 1.165) is 32.5 Å². The first-order chi connectivity index (χ1) is 8.57. The quantitative estimate of drug-likeness (QED) is 0.694. The number of carbonyl (C=O) groups is 1. The Bertz CT molecular complexity index is 343. The van der Waals surface area contributed by atoms with Crippen LogP contribution in [0.4, 0.5) is 0 Å². The van der Waals surface area contributed by atoms with Crippen molar-refractivity contribution >= 4 is 5.91 Å². The molecule has 1 saturated heterocycles. The molecule has 102 valence electrons. The number of nitrogens with two attached hydrogens (primary N) is 1. The number of ether oxygens (including phenoxy) is 1. The Morgan fingerprint density at radius 2 is 2.44 bits per heavy atom. The fourth-order valence-corrected chi connectivity index (χ4v) is 2.82. The van der Waals surface area contributed by atoms with Gasteiger partial charge in [-0.05, 0) is 31.4 Å². The summed E-state index contributed by atoms with van der Waals surface area (Å²) in [7, 11) is 0. The van der Waals surface area contributed by atoms with Crippen molar-refractivity contribution in [1.29, 1.82) is 0 Å². The Morgan fingerprint density at radius 1 is 1.61 bits per heavy atom. The van der Waals surface area contributed by atoms with Crippen LogP contribution in [-0.4, -0.2) is 54.4 Å². The van der Waals surface area contributed by atoms with Gasteiger partial charge in [0.05, 0.1) is 25.2 Å². The molecule has 0 aromatic rings. The Morgan fingerprint density at radius 3 is 3.11 bits per heavy atom. The largest absolute Gasteiger partial charge is 0.388 e. The van der Waals surface area contributed by atoms with Crippen LogP contribution in [0.1, 0.15) is 25.7 Å². The summed E-state index contributed by atoms with van der Waals surface area (Å²) in [5.74, 6) is -0.431. The molecule has 3 N–H and O–H groups in total. The molecule has 2 aliphatic rings. The summed E-state index contributed by atoms with van der Waals surface area (Å²) >= 11 is 0. The van der Waals surface area contributed by atoms with E-state index in [1.807, 2.05) is 0 Å². The summed E-state index contributed by atoms with van der Waals surface area (Å²) < 4.78 is 5.41. The number of piperidine rings is 1. The number of likely N-dealkylation sites (tertiary alicyclic amines) is 1. The molecule has 2 aliphatic heterocycles. The van der Waals surface area contributed by atoms with Gasteiger partial charge in [0.1, 0.15) is 0 Å². The highest BCUT2D eigenvalue weighted by Crippen LogP contribution is 2.25. The molecule has 0 aromatic heterocycles. The van der Waals surface area contributed by atoms with E-state index in [1.54, 1.807) is 0 Å². The van der Waals surface area contributed by atoms with Crippen LogP contribution in [0.5, 0.6) is 0 Å².